The first-order chi connectivity index (χ1) is 13.4. The second kappa shape index (κ2) is 18.5. The van der Waals surface area contributed by atoms with Gasteiger partial charge in [0.25, 0.3) is 0 Å². The summed E-state index contributed by atoms with van der Waals surface area (Å²) < 4.78 is 0. The van der Waals surface area contributed by atoms with Gasteiger partial charge in [-0.1, -0.05) is 124 Å². The molecule has 0 heterocycles. The van der Waals surface area contributed by atoms with E-state index in [-0.39, 0.29) is 0 Å². The Hall–Kier alpha value is -0.570. The van der Waals surface area contributed by atoms with Gasteiger partial charge in [0.2, 0.25) is 0 Å². The van der Waals surface area contributed by atoms with Gasteiger partial charge in [-0.05, 0) is 19.3 Å². The highest BCUT2D eigenvalue weighted by molar-refractivity contribution is 5.69. The first-order valence-electron chi connectivity index (χ1n) is 12.4. The van der Waals surface area contributed by atoms with Crippen molar-refractivity contribution in [2.45, 2.75) is 148 Å². The number of carboxylic acids is 1. The number of carboxylic acid groups (broad SMARTS) is 1. The molecule has 0 aliphatic rings. The van der Waals surface area contributed by atoms with E-state index in [1.807, 2.05) is 0 Å². The van der Waals surface area contributed by atoms with Gasteiger partial charge in [0.05, 0.1) is 11.5 Å². The number of hydrogen-bond donors (Lipinski definition) is 2. The lowest BCUT2D eigenvalue weighted by Crippen LogP contribution is -2.33. The molecule has 0 aromatic heterocycles. The van der Waals surface area contributed by atoms with E-state index in [0.29, 0.717) is 6.42 Å². The molecule has 0 saturated heterocycles. The van der Waals surface area contributed by atoms with Gasteiger partial charge in [-0.15, -0.1) is 0 Å². The minimum absolute atomic E-state index is 0.398. The monoisotopic (exact) mass is 398 g/mol. The van der Waals surface area contributed by atoms with E-state index >= 15 is 0 Å². The highest BCUT2D eigenvalue weighted by atomic mass is 16.4. The predicted molar refractivity (Wildman–Crippen MR) is 121 cm³/mol. The van der Waals surface area contributed by atoms with E-state index in [1.54, 1.807) is 6.92 Å². The summed E-state index contributed by atoms with van der Waals surface area (Å²) in [6, 6.07) is 0. The van der Waals surface area contributed by atoms with Crippen LogP contribution in [0.3, 0.4) is 0 Å². The Bertz CT molecular complexity index is 334. The molecule has 0 aromatic rings. The van der Waals surface area contributed by atoms with Crippen LogP contribution in [0.2, 0.25) is 0 Å². The van der Waals surface area contributed by atoms with Crippen molar-refractivity contribution in [1.29, 1.82) is 0 Å². The van der Waals surface area contributed by atoms with Gasteiger partial charge in [-0.3, -0.25) is 4.79 Å². The minimum Gasteiger partial charge on any atom is -0.481 e. The van der Waals surface area contributed by atoms with Gasteiger partial charge < -0.3 is 10.2 Å². The van der Waals surface area contributed by atoms with Gasteiger partial charge in [0.1, 0.15) is 0 Å². The van der Waals surface area contributed by atoms with Crippen LogP contribution in [0.15, 0.2) is 0 Å². The molecule has 0 aromatic carbocycles. The lowest BCUT2D eigenvalue weighted by atomic mass is 9.82. The third-order valence-electron chi connectivity index (χ3n) is 6.10. The summed E-state index contributed by atoms with van der Waals surface area (Å²) in [4.78, 5) is 11.3. The number of carbonyl (C=O) groups is 1. The predicted octanol–water partition coefficient (Wildman–Crippen LogP) is 7.89. The van der Waals surface area contributed by atoms with Gasteiger partial charge in [-0.25, -0.2) is 0 Å². The van der Waals surface area contributed by atoms with Crippen molar-refractivity contribution in [3.05, 3.63) is 0 Å². The first-order valence-corrected chi connectivity index (χ1v) is 12.4. The lowest BCUT2D eigenvalue weighted by Gasteiger charge is -2.30. The summed E-state index contributed by atoms with van der Waals surface area (Å²) in [5.74, 6) is -1.25. The molecule has 0 fully saturated rings. The second-order valence-corrected chi connectivity index (χ2v) is 9.12. The average molecular weight is 399 g/mol. The number of aliphatic carboxylic acids is 1. The van der Waals surface area contributed by atoms with Crippen molar-refractivity contribution in [3.8, 4) is 0 Å². The fraction of sp³-hybridized carbons (Fsp3) is 0.960. The summed E-state index contributed by atoms with van der Waals surface area (Å²) >= 11 is 0. The van der Waals surface area contributed by atoms with Crippen LogP contribution in [-0.2, 0) is 4.79 Å². The molecule has 0 aliphatic carbocycles. The molecular weight excluding hydrogens is 348 g/mol. The molecular formula is C25H50O3. The SMILES string of the molecule is CCCCCCCCCCC(O)(CCCCCCCCCC)CC(C)C(=O)O. The van der Waals surface area contributed by atoms with Crippen molar-refractivity contribution in [2.24, 2.45) is 5.92 Å². The maximum atomic E-state index is 11.3. The summed E-state index contributed by atoms with van der Waals surface area (Å²) in [5, 5.41) is 20.4. The molecule has 168 valence electrons. The van der Waals surface area contributed by atoms with Crippen LogP contribution in [-0.4, -0.2) is 21.8 Å². The molecule has 0 bridgehead atoms. The van der Waals surface area contributed by atoms with Gasteiger partial charge in [0, 0.05) is 0 Å². The van der Waals surface area contributed by atoms with Crippen LogP contribution in [0, 0.1) is 5.92 Å². The highest BCUT2D eigenvalue weighted by Crippen LogP contribution is 2.30. The Balaban J connectivity index is 4.10. The molecule has 0 aliphatic heterocycles. The van der Waals surface area contributed by atoms with E-state index in [0.717, 1.165) is 38.5 Å². The molecule has 3 heteroatoms. The van der Waals surface area contributed by atoms with E-state index in [1.165, 1.54) is 77.0 Å². The number of aliphatic hydroxyl groups is 1. The summed E-state index contributed by atoms with van der Waals surface area (Å²) in [6.07, 6.45) is 21.9. The van der Waals surface area contributed by atoms with Gasteiger partial charge >= 0.3 is 5.97 Å². The normalized spacial score (nSPS) is 13.0. The third-order valence-corrected chi connectivity index (χ3v) is 6.10. The van der Waals surface area contributed by atoms with Gasteiger partial charge in [0.15, 0.2) is 0 Å². The quantitative estimate of drug-likeness (QED) is 0.193. The molecule has 0 saturated carbocycles. The zero-order valence-corrected chi connectivity index (χ0v) is 19.3. The van der Waals surface area contributed by atoms with Crippen molar-refractivity contribution in [2.75, 3.05) is 0 Å². The van der Waals surface area contributed by atoms with Crippen LogP contribution < -0.4 is 0 Å². The zero-order valence-electron chi connectivity index (χ0n) is 19.3. The van der Waals surface area contributed by atoms with E-state index < -0.39 is 17.5 Å². The van der Waals surface area contributed by atoms with Crippen molar-refractivity contribution in [3.63, 3.8) is 0 Å². The zero-order chi connectivity index (χ0) is 21.1. The van der Waals surface area contributed by atoms with Crippen LogP contribution >= 0.6 is 0 Å². The standard InChI is InChI=1S/C25H50O3/c1-4-6-8-10-12-14-16-18-20-25(28,22-23(3)24(26)27)21-19-17-15-13-11-9-7-5-2/h23,28H,4-22H2,1-3H3,(H,26,27). The van der Waals surface area contributed by atoms with Crippen LogP contribution in [0.4, 0.5) is 0 Å². The Morgan fingerprint density at radius 2 is 1.00 bits per heavy atom. The van der Waals surface area contributed by atoms with Crippen LogP contribution in [0.25, 0.3) is 0 Å². The number of hydrogen-bond acceptors (Lipinski definition) is 2. The summed E-state index contributed by atoms with van der Waals surface area (Å²) in [6.45, 7) is 6.21. The maximum absolute atomic E-state index is 11.3. The molecule has 1 unspecified atom stereocenters. The molecule has 28 heavy (non-hydrogen) atoms. The van der Waals surface area contributed by atoms with E-state index in [4.69, 9.17) is 0 Å². The topological polar surface area (TPSA) is 57.5 Å². The Morgan fingerprint density at radius 3 is 1.32 bits per heavy atom. The molecule has 0 spiro atoms. The number of unbranched alkanes of at least 4 members (excludes halogenated alkanes) is 14. The van der Waals surface area contributed by atoms with Crippen LogP contribution in [0.5, 0.6) is 0 Å². The van der Waals surface area contributed by atoms with Crippen molar-refractivity contribution < 1.29 is 15.0 Å². The van der Waals surface area contributed by atoms with Gasteiger partial charge in [-0.2, -0.15) is 0 Å². The largest absolute Gasteiger partial charge is 0.481 e. The van der Waals surface area contributed by atoms with E-state index in [2.05, 4.69) is 13.8 Å². The summed E-state index contributed by atoms with van der Waals surface area (Å²) in [7, 11) is 0. The third kappa shape index (κ3) is 16.4. The van der Waals surface area contributed by atoms with E-state index in [9.17, 15) is 15.0 Å². The Labute approximate surface area is 175 Å². The van der Waals surface area contributed by atoms with Crippen molar-refractivity contribution in [1.82, 2.24) is 0 Å². The maximum Gasteiger partial charge on any atom is 0.306 e. The molecule has 0 rings (SSSR count). The smallest absolute Gasteiger partial charge is 0.306 e. The Morgan fingerprint density at radius 1 is 0.679 bits per heavy atom. The molecule has 1 atom stereocenters. The average Bonchev–Trinajstić information content (AvgIpc) is 2.66. The summed E-state index contributed by atoms with van der Waals surface area (Å²) in [5.41, 5.74) is -0.789. The lowest BCUT2D eigenvalue weighted by molar-refractivity contribution is -0.143. The molecule has 0 amide bonds. The Kier molecular flexibility index (Phi) is 18.1. The molecule has 3 nitrogen and oxygen atoms in total. The van der Waals surface area contributed by atoms with Crippen LogP contribution in [0.1, 0.15) is 143 Å². The highest BCUT2D eigenvalue weighted by Gasteiger charge is 2.30. The number of rotatable bonds is 21. The van der Waals surface area contributed by atoms with Crippen molar-refractivity contribution >= 4 is 5.97 Å². The minimum atomic E-state index is -0.789. The second-order valence-electron chi connectivity index (χ2n) is 9.12. The molecule has 2 N–H and O–H groups in total. The fourth-order valence-corrected chi connectivity index (χ4v) is 4.16. The first kappa shape index (κ1) is 27.4. The molecule has 0 radical (unpaired) electrons. The fourth-order valence-electron chi connectivity index (χ4n) is 4.16.